The first kappa shape index (κ1) is 20.6. The zero-order chi connectivity index (χ0) is 20.6. The summed E-state index contributed by atoms with van der Waals surface area (Å²) in [7, 11) is 0. The molecule has 3 aromatic carbocycles. The predicted octanol–water partition coefficient (Wildman–Crippen LogP) is 5.43. The lowest BCUT2D eigenvalue weighted by Gasteiger charge is -2.19. The van der Waals surface area contributed by atoms with Gasteiger partial charge in [0.2, 0.25) is 0 Å². The molecule has 0 spiro atoms. The number of halogens is 1. The number of nitrogens with one attached hydrogen (secondary N) is 1. The third-order valence-electron chi connectivity index (χ3n) is 4.54. The SMILES string of the molecule is C[C@H](OC(=O)CC(c1ccccc1)c1ccccc1)C(=O)Nc1cccc(Cl)c1. The van der Waals surface area contributed by atoms with E-state index < -0.39 is 18.0 Å². The van der Waals surface area contributed by atoms with Crippen molar-refractivity contribution in [1.82, 2.24) is 0 Å². The molecule has 3 rings (SSSR count). The number of amides is 1. The number of esters is 1. The molecule has 29 heavy (non-hydrogen) atoms. The van der Waals surface area contributed by atoms with E-state index in [-0.39, 0.29) is 12.3 Å². The molecule has 0 heterocycles. The molecule has 0 radical (unpaired) electrons. The normalized spacial score (nSPS) is 11.7. The largest absolute Gasteiger partial charge is 0.453 e. The highest BCUT2D eigenvalue weighted by Crippen LogP contribution is 2.28. The molecular weight excluding hydrogens is 386 g/mol. The molecule has 0 aromatic heterocycles. The van der Waals surface area contributed by atoms with Gasteiger partial charge in [-0.25, -0.2) is 0 Å². The third kappa shape index (κ3) is 5.93. The van der Waals surface area contributed by atoms with Gasteiger partial charge in [0.25, 0.3) is 5.91 Å². The summed E-state index contributed by atoms with van der Waals surface area (Å²) in [5, 5.41) is 3.22. The van der Waals surface area contributed by atoms with Gasteiger partial charge in [0, 0.05) is 16.6 Å². The highest BCUT2D eigenvalue weighted by molar-refractivity contribution is 6.30. The average molecular weight is 408 g/mol. The molecule has 4 nitrogen and oxygen atoms in total. The van der Waals surface area contributed by atoms with Crippen molar-refractivity contribution in [2.24, 2.45) is 0 Å². The molecule has 5 heteroatoms. The zero-order valence-corrected chi connectivity index (χ0v) is 16.8. The summed E-state index contributed by atoms with van der Waals surface area (Å²) in [4.78, 5) is 25.0. The van der Waals surface area contributed by atoms with Crippen molar-refractivity contribution in [3.05, 3.63) is 101 Å². The Bertz CT molecular complexity index is 921. The highest BCUT2D eigenvalue weighted by atomic mass is 35.5. The van der Waals surface area contributed by atoms with Crippen LogP contribution in [0.1, 0.15) is 30.4 Å². The molecule has 0 aliphatic rings. The lowest BCUT2D eigenvalue weighted by atomic mass is 9.88. The standard InChI is InChI=1S/C24H22ClNO3/c1-17(24(28)26-21-14-8-13-20(25)15-21)29-23(27)16-22(18-9-4-2-5-10-18)19-11-6-3-7-12-19/h2-15,17,22H,16H2,1H3,(H,26,28)/t17-/m0/s1. The smallest absolute Gasteiger partial charge is 0.307 e. The minimum atomic E-state index is -0.923. The molecule has 0 aliphatic carbocycles. The van der Waals surface area contributed by atoms with E-state index in [2.05, 4.69) is 5.32 Å². The van der Waals surface area contributed by atoms with Crippen LogP contribution in [0.25, 0.3) is 0 Å². The van der Waals surface area contributed by atoms with Crippen LogP contribution in [0.2, 0.25) is 5.02 Å². The molecule has 0 saturated carbocycles. The van der Waals surface area contributed by atoms with Gasteiger partial charge in [0.05, 0.1) is 6.42 Å². The van der Waals surface area contributed by atoms with Crippen LogP contribution in [-0.2, 0) is 14.3 Å². The Morgan fingerprint density at radius 2 is 1.48 bits per heavy atom. The molecule has 1 N–H and O–H groups in total. The maximum absolute atomic E-state index is 12.6. The molecule has 1 atom stereocenters. The number of rotatable bonds is 7. The van der Waals surface area contributed by atoms with E-state index in [1.807, 2.05) is 60.7 Å². The van der Waals surface area contributed by atoms with Crippen molar-refractivity contribution in [3.63, 3.8) is 0 Å². The average Bonchev–Trinajstić information content (AvgIpc) is 2.73. The zero-order valence-electron chi connectivity index (χ0n) is 16.0. The maximum atomic E-state index is 12.6. The van der Waals surface area contributed by atoms with Crippen LogP contribution in [0.5, 0.6) is 0 Å². The van der Waals surface area contributed by atoms with Gasteiger partial charge in [-0.15, -0.1) is 0 Å². The minimum absolute atomic E-state index is 0.142. The number of hydrogen-bond acceptors (Lipinski definition) is 3. The maximum Gasteiger partial charge on any atom is 0.307 e. The fourth-order valence-corrected chi connectivity index (χ4v) is 3.26. The van der Waals surface area contributed by atoms with E-state index in [0.29, 0.717) is 10.7 Å². The van der Waals surface area contributed by atoms with Gasteiger partial charge >= 0.3 is 5.97 Å². The number of ether oxygens (including phenoxy) is 1. The number of anilines is 1. The van der Waals surface area contributed by atoms with Gasteiger partial charge in [-0.3, -0.25) is 9.59 Å². The fourth-order valence-electron chi connectivity index (χ4n) is 3.07. The molecular formula is C24H22ClNO3. The minimum Gasteiger partial charge on any atom is -0.453 e. The van der Waals surface area contributed by atoms with Crippen LogP contribution in [0, 0.1) is 0 Å². The molecule has 3 aromatic rings. The lowest BCUT2D eigenvalue weighted by Crippen LogP contribution is -2.30. The Kier molecular flexibility index (Phi) is 7.04. The van der Waals surface area contributed by atoms with Gasteiger partial charge in [0.1, 0.15) is 0 Å². The van der Waals surface area contributed by atoms with Crippen LogP contribution >= 0.6 is 11.6 Å². The highest BCUT2D eigenvalue weighted by Gasteiger charge is 2.23. The Morgan fingerprint density at radius 1 is 0.897 bits per heavy atom. The summed E-state index contributed by atoms with van der Waals surface area (Å²) in [6, 6.07) is 26.4. The van der Waals surface area contributed by atoms with E-state index in [9.17, 15) is 9.59 Å². The van der Waals surface area contributed by atoms with Crippen molar-refractivity contribution in [2.75, 3.05) is 5.32 Å². The Labute approximate surface area is 175 Å². The quantitative estimate of drug-likeness (QED) is 0.531. The molecule has 0 saturated heterocycles. The first-order chi connectivity index (χ1) is 14.0. The number of carbonyl (C=O) groups is 2. The Morgan fingerprint density at radius 3 is 2.03 bits per heavy atom. The first-order valence-electron chi connectivity index (χ1n) is 9.38. The summed E-state index contributed by atoms with van der Waals surface area (Å²) in [5.41, 5.74) is 2.59. The van der Waals surface area contributed by atoms with Crippen molar-refractivity contribution >= 4 is 29.2 Å². The van der Waals surface area contributed by atoms with Crippen LogP contribution in [0.4, 0.5) is 5.69 Å². The summed E-state index contributed by atoms with van der Waals surface area (Å²) < 4.78 is 5.40. The van der Waals surface area contributed by atoms with Crippen molar-refractivity contribution in [2.45, 2.75) is 25.4 Å². The van der Waals surface area contributed by atoms with E-state index >= 15 is 0 Å². The molecule has 0 unspecified atom stereocenters. The molecule has 0 aliphatic heterocycles. The van der Waals surface area contributed by atoms with Crippen molar-refractivity contribution in [1.29, 1.82) is 0 Å². The number of benzene rings is 3. The van der Waals surface area contributed by atoms with Gasteiger partial charge in [-0.2, -0.15) is 0 Å². The molecule has 1 amide bonds. The summed E-state index contributed by atoms with van der Waals surface area (Å²) in [6.45, 7) is 1.55. The second kappa shape index (κ2) is 9.89. The molecule has 0 bridgehead atoms. The van der Waals surface area contributed by atoms with Crippen LogP contribution in [0.15, 0.2) is 84.9 Å². The lowest BCUT2D eigenvalue weighted by molar-refractivity contribution is -0.153. The third-order valence-corrected chi connectivity index (χ3v) is 4.78. The van der Waals surface area contributed by atoms with E-state index in [1.165, 1.54) is 0 Å². The molecule has 148 valence electrons. The second-order valence-corrected chi connectivity index (χ2v) is 7.15. The van der Waals surface area contributed by atoms with Gasteiger partial charge in [-0.05, 0) is 36.2 Å². The summed E-state index contributed by atoms with van der Waals surface area (Å²) in [6.07, 6.45) is -0.781. The summed E-state index contributed by atoms with van der Waals surface area (Å²) in [5.74, 6) is -0.985. The number of hydrogen-bond donors (Lipinski definition) is 1. The number of carbonyl (C=O) groups excluding carboxylic acids is 2. The summed E-state index contributed by atoms with van der Waals surface area (Å²) >= 11 is 5.93. The van der Waals surface area contributed by atoms with Gasteiger partial charge < -0.3 is 10.1 Å². The van der Waals surface area contributed by atoms with Crippen LogP contribution < -0.4 is 5.32 Å². The van der Waals surface area contributed by atoms with E-state index in [1.54, 1.807) is 31.2 Å². The van der Waals surface area contributed by atoms with Crippen LogP contribution in [-0.4, -0.2) is 18.0 Å². The van der Waals surface area contributed by atoms with Crippen molar-refractivity contribution < 1.29 is 14.3 Å². The van der Waals surface area contributed by atoms with E-state index in [4.69, 9.17) is 16.3 Å². The second-order valence-electron chi connectivity index (χ2n) is 6.71. The topological polar surface area (TPSA) is 55.4 Å². The Balaban J connectivity index is 1.66. The fraction of sp³-hybridized carbons (Fsp3) is 0.167. The van der Waals surface area contributed by atoms with Crippen LogP contribution in [0.3, 0.4) is 0 Å². The van der Waals surface area contributed by atoms with E-state index in [0.717, 1.165) is 11.1 Å². The monoisotopic (exact) mass is 407 g/mol. The molecule has 0 fully saturated rings. The Hall–Kier alpha value is -3.11. The predicted molar refractivity (Wildman–Crippen MR) is 115 cm³/mol. The van der Waals surface area contributed by atoms with Gasteiger partial charge in [0.15, 0.2) is 6.10 Å². The van der Waals surface area contributed by atoms with Gasteiger partial charge in [-0.1, -0.05) is 78.3 Å². The first-order valence-corrected chi connectivity index (χ1v) is 9.76. The van der Waals surface area contributed by atoms with Crippen molar-refractivity contribution in [3.8, 4) is 0 Å².